The third kappa shape index (κ3) is 3.80. The van der Waals surface area contributed by atoms with Crippen LogP contribution in [0, 0.1) is 0 Å². The van der Waals surface area contributed by atoms with Gasteiger partial charge in [0, 0.05) is 0 Å². The van der Waals surface area contributed by atoms with Crippen LogP contribution in [0.3, 0.4) is 0 Å². The van der Waals surface area contributed by atoms with Gasteiger partial charge in [-0.1, -0.05) is 12.1 Å². The summed E-state index contributed by atoms with van der Waals surface area (Å²) in [5, 5.41) is 17.5. The van der Waals surface area contributed by atoms with Gasteiger partial charge in [-0.3, -0.25) is 0 Å². The van der Waals surface area contributed by atoms with E-state index in [-0.39, 0.29) is 6.61 Å². The molecule has 1 rings (SSSR count). The minimum Gasteiger partial charge on any atom is -0.394 e. The topological polar surface area (TPSA) is 74.6 Å². The largest absolute Gasteiger partial charge is 0.394 e. The van der Waals surface area contributed by atoms with Crippen LogP contribution in [0.25, 0.3) is 0 Å². The zero-order valence-corrected chi connectivity index (χ0v) is 11.5. The van der Waals surface area contributed by atoms with Crippen molar-refractivity contribution >= 4 is 9.84 Å². The molecular formula is C13H20O4S. The molecule has 1 atom stereocenters. The molecule has 0 saturated carbocycles. The molecule has 1 unspecified atom stereocenters. The van der Waals surface area contributed by atoms with Gasteiger partial charge in [0.2, 0.25) is 0 Å². The van der Waals surface area contributed by atoms with Gasteiger partial charge in [-0.15, -0.1) is 0 Å². The summed E-state index contributed by atoms with van der Waals surface area (Å²) < 4.78 is 23.8. The summed E-state index contributed by atoms with van der Waals surface area (Å²) >= 11 is 0. The Bertz CT molecular complexity index is 462. The molecule has 102 valence electrons. The Hall–Kier alpha value is -0.910. The van der Waals surface area contributed by atoms with Crippen molar-refractivity contribution < 1.29 is 18.6 Å². The SMILES string of the molecule is CC(C)S(=O)(=O)c1ccc(CCC(O)CO)cc1. The summed E-state index contributed by atoms with van der Waals surface area (Å²) in [6.07, 6.45) is 0.361. The molecule has 2 N–H and O–H groups in total. The van der Waals surface area contributed by atoms with Gasteiger partial charge in [-0.25, -0.2) is 8.42 Å². The predicted octanol–water partition coefficient (Wildman–Crippen LogP) is 1.15. The quantitative estimate of drug-likeness (QED) is 0.815. The first-order valence-electron chi connectivity index (χ1n) is 5.99. The molecule has 1 aromatic rings. The first-order chi connectivity index (χ1) is 8.37. The van der Waals surface area contributed by atoms with Crippen LogP contribution in [0.15, 0.2) is 29.2 Å². The van der Waals surface area contributed by atoms with E-state index in [2.05, 4.69) is 0 Å². The van der Waals surface area contributed by atoms with E-state index in [9.17, 15) is 13.5 Å². The van der Waals surface area contributed by atoms with Gasteiger partial charge in [-0.05, 0) is 44.4 Å². The fraction of sp³-hybridized carbons (Fsp3) is 0.538. The maximum absolute atomic E-state index is 11.9. The maximum Gasteiger partial charge on any atom is 0.180 e. The maximum atomic E-state index is 11.9. The molecule has 0 amide bonds. The van der Waals surface area contributed by atoms with Crippen molar-refractivity contribution in [3.63, 3.8) is 0 Å². The lowest BCUT2D eigenvalue weighted by Crippen LogP contribution is -2.14. The van der Waals surface area contributed by atoms with Crippen molar-refractivity contribution in [1.29, 1.82) is 0 Å². The molecule has 0 aliphatic rings. The smallest absolute Gasteiger partial charge is 0.180 e. The summed E-state index contributed by atoms with van der Waals surface area (Å²) in [5.74, 6) is 0. The third-order valence-corrected chi connectivity index (χ3v) is 5.02. The van der Waals surface area contributed by atoms with E-state index in [1.54, 1.807) is 38.1 Å². The van der Waals surface area contributed by atoms with Crippen LogP contribution < -0.4 is 0 Å². The molecule has 0 aromatic heterocycles. The minimum atomic E-state index is -3.22. The molecule has 5 heteroatoms. The Morgan fingerprint density at radius 3 is 2.17 bits per heavy atom. The Balaban J connectivity index is 2.75. The van der Waals surface area contributed by atoms with Crippen molar-refractivity contribution in [2.75, 3.05) is 6.61 Å². The minimum absolute atomic E-state index is 0.250. The molecule has 1 aromatic carbocycles. The first kappa shape index (κ1) is 15.1. The second-order valence-electron chi connectivity index (χ2n) is 4.61. The van der Waals surface area contributed by atoms with Gasteiger partial charge in [0.1, 0.15) is 0 Å². The van der Waals surface area contributed by atoms with E-state index < -0.39 is 21.2 Å². The van der Waals surface area contributed by atoms with Gasteiger partial charge in [0.05, 0.1) is 22.9 Å². The molecule has 0 heterocycles. The van der Waals surface area contributed by atoms with Crippen molar-refractivity contribution in [3.8, 4) is 0 Å². The monoisotopic (exact) mass is 272 g/mol. The van der Waals surface area contributed by atoms with E-state index in [0.29, 0.717) is 17.7 Å². The average molecular weight is 272 g/mol. The highest BCUT2D eigenvalue weighted by Gasteiger charge is 2.18. The van der Waals surface area contributed by atoms with Gasteiger partial charge < -0.3 is 10.2 Å². The van der Waals surface area contributed by atoms with Crippen LogP contribution >= 0.6 is 0 Å². The Morgan fingerprint density at radius 1 is 1.17 bits per heavy atom. The Labute approximate surface area is 108 Å². The fourth-order valence-electron chi connectivity index (χ4n) is 1.54. The number of aliphatic hydroxyl groups is 2. The number of sulfone groups is 1. The van der Waals surface area contributed by atoms with E-state index >= 15 is 0 Å². The van der Waals surface area contributed by atoms with Crippen LogP contribution in [0.5, 0.6) is 0 Å². The number of benzene rings is 1. The zero-order chi connectivity index (χ0) is 13.8. The van der Waals surface area contributed by atoms with Crippen molar-refractivity contribution in [3.05, 3.63) is 29.8 Å². The van der Waals surface area contributed by atoms with Gasteiger partial charge in [0.15, 0.2) is 9.84 Å². The highest BCUT2D eigenvalue weighted by atomic mass is 32.2. The second kappa shape index (κ2) is 6.31. The molecule has 0 aliphatic carbocycles. The summed E-state index contributed by atoms with van der Waals surface area (Å²) in [7, 11) is -3.22. The highest BCUT2D eigenvalue weighted by Crippen LogP contribution is 2.17. The Kier molecular flexibility index (Phi) is 5.31. The summed E-state index contributed by atoms with van der Waals surface area (Å²) in [4.78, 5) is 0.323. The number of aryl methyl sites for hydroxylation is 1. The van der Waals surface area contributed by atoms with Gasteiger partial charge in [-0.2, -0.15) is 0 Å². The summed E-state index contributed by atoms with van der Waals surface area (Å²) in [6.45, 7) is 3.06. The third-order valence-electron chi connectivity index (χ3n) is 2.85. The van der Waals surface area contributed by atoms with Crippen LogP contribution in [0.1, 0.15) is 25.8 Å². The average Bonchev–Trinajstić information content (AvgIpc) is 2.36. The molecule has 0 spiro atoms. The van der Waals surface area contributed by atoms with E-state index in [0.717, 1.165) is 5.56 Å². The van der Waals surface area contributed by atoms with E-state index in [1.807, 2.05) is 0 Å². The lowest BCUT2D eigenvalue weighted by molar-refractivity contribution is 0.0886. The molecule has 4 nitrogen and oxygen atoms in total. The highest BCUT2D eigenvalue weighted by molar-refractivity contribution is 7.92. The molecule has 0 saturated heterocycles. The van der Waals surface area contributed by atoms with E-state index in [4.69, 9.17) is 5.11 Å². The van der Waals surface area contributed by atoms with Crippen LogP contribution in [0.2, 0.25) is 0 Å². The van der Waals surface area contributed by atoms with Crippen molar-refractivity contribution in [2.45, 2.75) is 42.9 Å². The molecule has 0 bridgehead atoms. The van der Waals surface area contributed by atoms with Gasteiger partial charge in [0.25, 0.3) is 0 Å². The van der Waals surface area contributed by atoms with E-state index in [1.165, 1.54) is 0 Å². The first-order valence-corrected chi connectivity index (χ1v) is 7.54. The van der Waals surface area contributed by atoms with Crippen LogP contribution in [-0.4, -0.2) is 36.6 Å². The lowest BCUT2D eigenvalue weighted by atomic mass is 10.1. The summed E-state index contributed by atoms with van der Waals surface area (Å²) in [5.41, 5.74) is 0.949. The van der Waals surface area contributed by atoms with Crippen molar-refractivity contribution in [1.82, 2.24) is 0 Å². The van der Waals surface area contributed by atoms with Gasteiger partial charge >= 0.3 is 0 Å². The summed E-state index contributed by atoms with van der Waals surface area (Å²) in [6, 6.07) is 6.69. The van der Waals surface area contributed by atoms with Crippen LogP contribution in [-0.2, 0) is 16.3 Å². The molecule has 0 radical (unpaired) electrons. The number of hydrogen-bond donors (Lipinski definition) is 2. The molecule has 18 heavy (non-hydrogen) atoms. The normalized spacial score (nSPS) is 13.8. The molecular weight excluding hydrogens is 252 g/mol. The molecule has 0 fully saturated rings. The zero-order valence-electron chi connectivity index (χ0n) is 10.7. The number of aliphatic hydroxyl groups excluding tert-OH is 2. The fourth-order valence-corrected chi connectivity index (χ4v) is 2.60. The molecule has 0 aliphatic heterocycles. The van der Waals surface area contributed by atoms with Crippen LogP contribution in [0.4, 0.5) is 0 Å². The standard InChI is InChI=1S/C13H20O4S/c1-10(2)18(16,17)13-7-4-11(5-8-13)3-6-12(15)9-14/h4-5,7-8,10,12,14-15H,3,6,9H2,1-2H3. The van der Waals surface area contributed by atoms with Crippen molar-refractivity contribution in [2.24, 2.45) is 0 Å². The lowest BCUT2D eigenvalue weighted by Gasteiger charge is -2.09. The number of hydrogen-bond acceptors (Lipinski definition) is 4. The Morgan fingerprint density at radius 2 is 1.72 bits per heavy atom. The predicted molar refractivity (Wildman–Crippen MR) is 70.2 cm³/mol. The number of rotatable bonds is 6. The second-order valence-corrected chi connectivity index (χ2v) is 7.12.